The molecule has 1 amide bonds. The van der Waals surface area contributed by atoms with E-state index >= 15 is 0 Å². The number of unbranched alkanes of at least 4 members (excludes halogenated alkanes) is 2. The van der Waals surface area contributed by atoms with Gasteiger partial charge < -0.3 is 24.3 Å². The first-order chi connectivity index (χ1) is 15.3. The minimum Gasteiger partial charge on any atom is -0.486 e. The zero-order chi connectivity index (χ0) is 23.1. The van der Waals surface area contributed by atoms with E-state index in [1.165, 1.54) is 11.0 Å². The Kier molecular flexibility index (Phi) is 7.70. The normalized spacial score (nSPS) is 12.9. The standard InChI is InChI=1S/C22H26N2O7S/c23-32(28,29)20-15-18(14-19-21(20)31-12-11-30-19)17-6-4-5-16(13-17)7-9-24(22(26)27)8-2-1-3-10-25/h4-6,10,13-15H,1-3,7-9,11-12H2,(H,26,27)(H2,23,28,29). The predicted molar refractivity (Wildman–Crippen MR) is 117 cm³/mol. The fourth-order valence-corrected chi connectivity index (χ4v) is 4.21. The Labute approximate surface area is 186 Å². The molecule has 0 saturated heterocycles. The SMILES string of the molecule is NS(=O)(=O)c1cc(-c2cccc(CCN(CCCCC=O)C(=O)O)c2)cc2c1OCCO2. The number of hydrogen-bond acceptors (Lipinski definition) is 6. The second-order valence-electron chi connectivity index (χ2n) is 7.43. The molecule has 172 valence electrons. The van der Waals surface area contributed by atoms with Gasteiger partial charge in [0, 0.05) is 19.5 Å². The Morgan fingerprint density at radius 2 is 1.88 bits per heavy atom. The maximum absolute atomic E-state index is 12.1. The number of sulfonamides is 1. The molecular formula is C22H26N2O7S. The van der Waals surface area contributed by atoms with Crippen LogP contribution in [0.1, 0.15) is 24.8 Å². The summed E-state index contributed by atoms with van der Waals surface area (Å²) < 4.78 is 35.2. The van der Waals surface area contributed by atoms with Gasteiger partial charge in [-0.1, -0.05) is 24.3 Å². The molecule has 32 heavy (non-hydrogen) atoms. The number of carboxylic acid groups (broad SMARTS) is 1. The summed E-state index contributed by atoms with van der Waals surface area (Å²) in [6, 6.07) is 10.6. The first kappa shape index (κ1) is 23.6. The number of carbonyl (C=O) groups is 2. The highest BCUT2D eigenvalue weighted by atomic mass is 32.2. The first-order valence-corrected chi connectivity index (χ1v) is 11.8. The van der Waals surface area contributed by atoms with E-state index in [4.69, 9.17) is 14.6 Å². The van der Waals surface area contributed by atoms with Crippen molar-refractivity contribution in [1.29, 1.82) is 0 Å². The van der Waals surface area contributed by atoms with Crippen molar-refractivity contribution in [3.8, 4) is 22.6 Å². The number of benzene rings is 2. The van der Waals surface area contributed by atoms with Gasteiger partial charge in [-0.2, -0.15) is 0 Å². The third-order valence-electron chi connectivity index (χ3n) is 5.12. The van der Waals surface area contributed by atoms with Gasteiger partial charge in [0.15, 0.2) is 11.5 Å². The quantitative estimate of drug-likeness (QED) is 0.409. The van der Waals surface area contributed by atoms with E-state index in [2.05, 4.69) is 0 Å². The van der Waals surface area contributed by atoms with E-state index in [9.17, 15) is 23.1 Å². The summed E-state index contributed by atoms with van der Waals surface area (Å²) in [7, 11) is -4.03. The van der Waals surface area contributed by atoms with Gasteiger partial charge in [-0.05, 0) is 48.1 Å². The summed E-state index contributed by atoms with van der Waals surface area (Å²) in [5.41, 5.74) is 2.25. The molecule has 0 aliphatic carbocycles. The van der Waals surface area contributed by atoms with E-state index in [-0.39, 0.29) is 17.3 Å². The minimum absolute atomic E-state index is 0.116. The van der Waals surface area contributed by atoms with Crippen molar-refractivity contribution in [1.82, 2.24) is 4.90 Å². The molecule has 0 unspecified atom stereocenters. The maximum atomic E-state index is 12.1. The molecule has 10 heteroatoms. The Hall–Kier alpha value is -3.11. The lowest BCUT2D eigenvalue weighted by molar-refractivity contribution is -0.107. The van der Waals surface area contributed by atoms with Gasteiger partial charge in [-0.3, -0.25) is 0 Å². The molecular weight excluding hydrogens is 436 g/mol. The van der Waals surface area contributed by atoms with E-state index in [1.54, 1.807) is 6.07 Å². The second kappa shape index (κ2) is 10.5. The highest BCUT2D eigenvalue weighted by Crippen LogP contribution is 2.40. The third kappa shape index (κ3) is 5.98. The van der Waals surface area contributed by atoms with Crippen molar-refractivity contribution >= 4 is 22.4 Å². The number of primary sulfonamides is 1. The van der Waals surface area contributed by atoms with E-state index in [0.717, 1.165) is 17.4 Å². The van der Waals surface area contributed by atoms with E-state index in [0.29, 0.717) is 56.7 Å². The lowest BCUT2D eigenvalue weighted by Gasteiger charge is -2.22. The van der Waals surface area contributed by atoms with Crippen LogP contribution >= 0.6 is 0 Å². The number of amides is 1. The zero-order valence-electron chi connectivity index (χ0n) is 17.5. The minimum atomic E-state index is -4.03. The van der Waals surface area contributed by atoms with Gasteiger partial charge in [-0.25, -0.2) is 18.4 Å². The van der Waals surface area contributed by atoms with Crippen LogP contribution in [-0.4, -0.2) is 57.1 Å². The number of carbonyl (C=O) groups excluding carboxylic acids is 1. The predicted octanol–water partition coefficient (Wildman–Crippen LogP) is 2.66. The van der Waals surface area contributed by atoms with Crippen molar-refractivity contribution in [3.05, 3.63) is 42.0 Å². The second-order valence-corrected chi connectivity index (χ2v) is 8.96. The molecule has 0 spiro atoms. The largest absolute Gasteiger partial charge is 0.486 e. The van der Waals surface area contributed by atoms with Crippen LogP contribution in [0.2, 0.25) is 0 Å². The summed E-state index contributed by atoms with van der Waals surface area (Å²) in [6.45, 7) is 1.21. The van der Waals surface area contributed by atoms with Crippen molar-refractivity contribution in [3.63, 3.8) is 0 Å². The summed E-state index contributed by atoms with van der Waals surface area (Å²) in [5, 5.41) is 14.8. The number of fused-ring (bicyclic) bond motifs is 1. The molecule has 1 aliphatic rings. The molecule has 0 saturated carbocycles. The monoisotopic (exact) mass is 462 g/mol. The summed E-state index contributed by atoms with van der Waals surface area (Å²) in [5.74, 6) is 0.431. The van der Waals surface area contributed by atoms with Crippen LogP contribution in [0.4, 0.5) is 4.79 Å². The third-order valence-corrected chi connectivity index (χ3v) is 6.03. The van der Waals surface area contributed by atoms with Crippen LogP contribution in [-0.2, 0) is 21.2 Å². The molecule has 0 bridgehead atoms. The molecule has 2 aromatic rings. The summed E-state index contributed by atoms with van der Waals surface area (Å²) in [6.07, 6.45) is 2.01. The smallest absolute Gasteiger partial charge is 0.407 e. The lowest BCUT2D eigenvalue weighted by atomic mass is 10.0. The average Bonchev–Trinajstić information content (AvgIpc) is 2.77. The molecule has 1 aliphatic heterocycles. The van der Waals surface area contributed by atoms with Gasteiger partial charge in [0.05, 0.1) is 0 Å². The molecule has 3 N–H and O–H groups in total. The van der Waals surface area contributed by atoms with Gasteiger partial charge in [-0.15, -0.1) is 0 Å². The van der Waals surface area contributed by atoms with Gasteiger partial charge in [0.1, 0.15) is 24.4 Å². The Balaban J connectivity index is 1.80. The lowest BCUT2D eigenvalue weighted by Crippen LogP contribution is -2.32. The number of rotatable bonds is 10. The van der Waals surface area contributed by atoms with Gasteiger partial charge in [0.2, 0.25) is 10.0 Å². The van der Waals surface area contributed by atoms with E-state index < -0.39 is 16.1 Å². The zero-order valence-corrected chi connectivity index (χ0v) is 18.3. The highest BCUT2D eigenvalue weighted by Gasteiger charge is 2.24. The molecule has 0 radical (unpaired) electrons. The number of nitrogens with two attached hydrogens (primary N) is 1. The molecule has 1 heterocycles. The van der Waals surface area contributed by atoms with Crippen LogP contribution < -0.4 is 14.6 Å². The molecule has 0 atom stereocenters. The topological polar surface area (TPSA) is 136 Å². The number of ether oxygens (including phenoxy) is 2. The van der Waals surface area contributed by atoms with Crippen LogP contribution in [0.25, 0.3) is 11.1 Å². The van der Waals surface area contributed by atoms with Crippen LogP contribution in [0, 0.1) is 0 Å². The van der Waals surface area contributed by atoms with Crippen LogP contribution in [0.3, 0.4) is 0 Å². The maximum Gasteiger partial charge on any atom is 0.407 e. The summed E-state index contributed by atoms with van der Waals surface area (Å²) in [4.78, 5) is 23.1. The van der Waals surface area contributed by atoms with Crippen molar-refractivity contribution < 1.29 is 32.6 Å². The van der Waals surface area contributed by atoms with Crippen LogP contribution in [0.5, 0.6) is 11.5 Å². The Morgan fingerprint density at radius 1 is 1.09 bits per heavy atom. The van der Waals surface area contributed by atoms with Crippen molar-refractivity contribution in [2.45, 2.75) is 30.6 Å². The molecule has 0 aromatic heterocycles. The molecule has 9 nitrogen and oxygen atoms in total. The molecule has 3 rings (SSSR count). The number of nitrogens with zero attached hydrogens (tertiary/aromatic N) is 1. The average molecular weight is 463 g/mol. The van der Waals surface area contributed by atoms with Gasteiger partial charge >= 0.3 is 6.09 Å². The van der Waals surface area contributed by atoms with Crippen LogP contribution in [0.15, 0.2) is 41.3 Å². The first-order valence-electron chi connectivity index (χ1n) is 10.3. The number of hydrogen-bond donors (Lipinski definition) is 2. The van der Waals surface area contributed by atoms with Gasteiger partial charge in [0.25, 0.3) is 0 Å². The fourth-order valence-electron chi connectivity index (χ4n) is 3.50. The Bertz CT molecular complexity index is 1090. The van der Waals surface area contributed by atoms with E-state index in [1.807, 2.05) is 24.3 Å². The van der Waals surface area contributed by atoms with Crippen molar-refractivity contribution in [2.75, 3.05) is 26.3 Å². The number of aldehydes is 1. The molecule has 2 aromatic carbocycles. The summed E-state index contributed by atoms with van der Waals surface area (Å²) >= 11 is 0. The fraction of sp³-hybridized carbons (Fsp3) is 0.364. The molecule has 0 fully saturated rings. The highest BCUT2D eigenvalue weighted by molar-refractivity contribution is 7.89. The Morgan fingerprint density at radius 3 is 2.59 bits per heavy atom. The van der Waals surface area contributed by atoms with Crippen molar-refractivity contribution in [2.24, 2.45) is 5.14 Å².